The molecular formula is C18H25F3N2O3. The Hall–Kier alpha value is -2.12. The van der Waals surface area contributed by atoms with E-state index in [1.165, 1.54) is 17.0 Å². The van der Waals surface area contributed by atoms with Crippen molar-refractivity contribution in [1.82, 2.24) is 4.90 Å². The van der Waals surface area contributed by atoms with Crippen LogP contribution in [-0.4, -0.2) is 48.1 Å². The van der Waals surface area contributed by atoms with Crippen LogP contribution in [0, 0.1) is 5.41 Å². The molecule has 1 heterocycles. The summed E-state index contributed by atoms with van der Waals surface area (Å²) in [5.74, 6) is -0.252. The second-order valence-corrected chi connectivity index (χ2v) is 7.73. The second kappa shape index (κ2) is 7.63. The van der Waals surface area contributed by atoms with E-state index in [1.54, 1.807) is 12.1 Å². The fourth-order valence-electron chi connectivity index (χ4n) is 3.16. The molecule has 1 aliphatic rings. The molecule has 0 bridgehead atoms. The first-order chi connectivity index (χ1) is 11.9. The zero-order valence-corrected chi connectivity index (χ0v) is 15.2. The molecule has 146 valence electrons. The van der Waals surface area contributed by atoms with Crippen molar-refractivity contribution < 1.29 is 27.8 Å². The van der Waals surface area contributed by atoms with Gasteiger partial charge in [0.25, 0.3) is 0 Å². The van der Waals surface area contributed by atoms with Crippen LogP contribution >= 0.6 is 0 Å². The predicted octanol–water partition coefficient (Wildman–Crippen LogP) is 4.58. The van der Waals surface area contributed by atoms with Gasteiger partial charge in [-0.1, -0.05) is 20.8 Å². The molecule has 0 spiro atoms. The van der Waals surface area contributed by atoms with Crippen LogP contribution in [0.1, 0.15) is 33.6 Å². The topological polar surface area (TPSA) is 53.0 Å². The number of piperidine rings is 1. The van der Waals surface area contributed by atoms with E-state index in [4.69, 9.17) is 0 Å². The fourth-order valence-corrected chi connectivity index (χ4v) is 3.16. The Balaban J connectivity index is 1.96. The first-order valence-corrected chi connectivity index (χ1v) is 8.55. The molecule has 1 aromatic rings. The molecule has 8 heteroatoms. The molecule has 0 radical (unpaired) electrons. The molecule has 0 saturated carbocycles. The third-order valence-corrected chi connectivity index (χ3v) is 4.23. The molecule has 1 fully saturated rings. The fraction of sp³-hybridized carbons (Fsp3) is 0.611. The Morgan fingerprint density at radius 1 is 1.19 bits per heavy atom. The summed E-state index contributed by atoms with van der Waals surface area (Å²) < 4.78 is 40.5. The third kappa shape index (κ3) is 6.00. The summed E-state index contributed by atoms with van der Waals surface area (Å²) in [5.41, 5.74) is 0.680. The molecule has 0 aromatic heterocycles. The van der Waals surface area contributed by atoms with E-state index in [2.05, 4.69) is 4.74 Å². The molecule has 0 atom stereocenters. The monoisotopic (exact) mass is 374 g/mol. The number of benzene rings is 1. The minimum absolute atomic E-state index is 0.0455. The highest BCUT2D eigenvalue weighted by Gasteiger charge is 2.32. The molecule has 0 unspecified atom stereocenters. The maximum Gasteiger partial charge on any atom is 0.573 e. The van der Waals surface area contributed by atoms with Crippen LogP contribution in [0.2, 0.25) is 0 Å². The molecule has 0 aliphatic carbocycles. The lowest BCUT2D eigenvalue weighted by Gasteiger charge is -2.40. The number of amides is 1. The first kappa shape index (κ1) is 20.2. The van der Waals surface area contributed by atoms with Gasteiger partial charge in [-0.2, -0.15) is 0 Å². The summed E-state index contributed by atoms with van der Waals surface area (Å²) >= 11 is 0. The summed E-state index contributed by atoms with van der Waals surface area (Å²) in [6.45, 7) is 7.78. The first-order valence-electron chi connectivity index (χ1n) is 8.55. The summed E-state index contributed by atoms with van der Waals surface area (Å²) in [6.07, 6.45) is -4.24. The number of nitrogens with zero attached hydrogens (tertiary/aromatic N) is 2. The van der Waals surface area contributed by atoms with E-state index < -0.39 is 12.5 Å². The smallest absolute Gasteiger partial charge is 0.465 e. The van der Waals surface area contributed by atoms with Gasteiger partial charge in [-0.15, -0.1) is 13.2 Å². The van der Waals surface area contributed by atoms with Crippen molar-refractivity contribution in [3.8, 4) is 5.75 Å². The Morgan fingerprint density at radius 2 is 1.73 bits per heavy atom. The molecule has 1 amide bonds. The number of hydrogen-bond donors (Lipinski definition) is 1. The number of anilines is 1. The molecular weight excluding hydrogens is 349 g/mol. The quantitative estimate of drug-likeness (QED) is 0.838. The van der Waals surface area contributed by atoms with E-state index in [-0.39, 0.29) is 17.2 Å². The number of hydrogen-bond acceptors (Lipinski definition) is 3. The van der Waals surface area contributed by atoms with E-state index in [0.717, 1.165) is 5.69 Å². The molecule has 1 N–H and O–H groups in total. The summed E-state index contributed by atoms with van der Waals surface area (Å²) in [4.78, 5) is 15.1. The lowest BCUT2D eigenvalue weighted by molar-refractivity contribution is -0.274. The number of carbonyl (C=O) groups is 1. The summed E-state index contributed by atoms with van der Waals surface area (Å²) in [6, 6.07) is 5.71. The van der Waals surface area contributed by atoms with Gasteiger partial charge in [-0.05, 0) is 42.5 Å². The van der Waals surface area contributed by atoms with Crippen LogP contribution in [0.25, 0.3) is 0 Å². The number of halogens is 3. The Morgan fingerprint density at radius 3 is 2.15 bits per heavy atom. The summed E-state index contributed by atoms with van der Waals surface area (Å²) in [7, 11) is 0. The SMILES string of the molecule is CC(C)(C)CN(C(=O)O)C1CCN(c2ccc(OC(F)(F)F)cc2)CC1. The van der Waals surface area contributed by atoms with Gasteiger partial charge in [0.1, 0.15) is 5.75 Å². The van der Waals surface area contributed by atoms with Crippen LogP contribution in [0.5, 0.6) is 5.75 Å². The second-order valence-electron chi connectivity index (χ2n) is 7.73. The van der Waals surface area contributed by atoms with Crippen molar-refractivity contribution in [3.63, 3.8) is 0 Å². The average Bonchev–Trinajstić information content (AvgIpc) is 2.51. The molecule has 5 nitrogen and oxygen atoms in total. The lowest BCUT2D eigenvalue weighted by atomic mass is 9.93. The van der Waals surface area contributed by atoms with E-state index in [9.17, 15) is 23.1 Å². The Bertz CT molecular complexity index is 604. The number of ether oxygens (including phenoxy) is 1. The van der Waals surface area contributed by atoms with E-state index in [1.807, 2.05) is 25.7 Å². The normalized spacial score (nSPS) is 16.5. The standard InChI is InChI=1S/C18H25F3N2O3/c1-17(2,3)12-23(16(24)25)14-8-10-22(11-9-14)13-4-6-15(7-5-13)26-18(19,20)21/h4-7,14H,8-12H2,1-3H3,(H,24,25). The lowest BCUT2D eigenvalue weighted by Crippen LogP contribution is -2.49. The highest BCUT2D eigenvalue weighted by molar-refractivity contribution is 5.65. The van der Waals surface area contributed by atoms with E-state index in [0.29, 0.717) is 32.5 Å². The van der Waals surface area contributed by atoms with Crippen LogP contribution in [0.15, 0.2) is 24.3 Å². The largest absolute Gasteiger partial charge is 0.573 e. The van der Waals surface area contributed by atoms with Gasteiger partial charge in [0, 0.05) is 31.4 Å². The molecule has 1 aromatic carbocycles. The molecule has 1 saturated heterocycles. The molecule has 2 rings (SSSR count). The highest BCUT2D eigenvalue weighted by Crippen LogP contribution is 2.28. The number of alkyl halides is 3. The van der Waals surface area contributed by atoms with Gasteiger partial charge in [-0.25, -0.2) is 4.79 Å². The Labute approximate surface area is 151 Å². The van der Waals surface area contributed by atoms with Crippen molar-refractivity contribution >= 4 is 11.8 Å². The van der Waals surface area contributed by atoms with Crippen molar-refractivity contribution in [3.05, 3.63) is 24.3 Å². The minimum atomic E-state index is -4.70. The zero-order valence-electron chi connectivity index (χ0n) is 15.2. The van der Waals surface area contributed by atoms with Gasteiger partial charge in [0.2, 0.25) is 0 Å². The zero-order chi connectivity index (χ0) is 19.5. The summed E-state index contributed by atoms with van der Waals surface area (Å²) in [5, 5.41) is 9.50. The number of rotatable bonds is 4. The van der Waals surface area contributed by atoms with Gasteiger partial charge in [0.15, 0.2) is 0 Å². The van der Waals surface area contributed by atoms with Crippen LogP contribution in [0.3, 0.4) is 0 Å². The predicted molar refractivity (Wildman–Crippen MR) is 92.5 cm³/mol. The van der Waals surface area contributed by atoms with Crippen molar-refractivity contribution in [2.45, 2.75) is 46.0 Å². The van der Waals surface area contributed by atoms with E-state index >= 15 is 0 Å². The highest BCUT2D eigenvalue weighted by atomic mass is 19.4. The Kier molecular flexibility index (Phi) is 5.93. The maximum absolute atomic E-state index is 12.2. The maximum atomic E-state index is 12.2. The van der Waals surface area contributed by atoms with Crippen molar-refractivity contribution in [2.24, 2.45) is 5.41 Å². The molecule has 1 aliphatic heterocycles. The van der Waals surface area contributed by atoms with Crippen molar-refractivity contribution in [1.29, 1.82) is 0 Å². The van der Waals surface area contributed by atoms with Crippen LogP contribution < -0.4 is 9.64 Å². The van der Waals surface area contributed by atoms with Crippen LogP contribution in [0.4, 0.5) is 23.7 Å². The van der Waals surface area contributed by atoms with Gasteiger partial charge >= 0.3 is 12.5 Å². The van der Waals surface area contributed by atoms with Gasteiger partial charge in [0.05, 0.1) is 0 Å². The van der Waals surface area contributed by atoms with Gasteiger partial charge in [-0.3, -0.25) is 0 Å². The van der Waals surface area contributed by atoms with Gasteiger partial charge < -0.3 is 19.6 Å². The third-order valence-electron chi connectivity index (χ3n) is 4.23. The number of carboxylic acid groups (broad SMARTS) is 1. The average molecular weight is 374 g/mol. The minimum Gasteiger partial charge on any atom is -0.465 e. The molecule has 26 heavy (non-hydrogen) atoms. The van der Waals surface area contributed by atoms with Crippen molar-refractivity contribution in [2.75, 3.05) is 24.5 Å². The van der Waals surface area contributed by atoms with Crippen LogP contribution in [-0.2, 0) is 0 Å².